The number of amides is 6. The van der Waals surface area contributed by atoms with Gasteiger partial charge in [0.25, 0.3) is 0 Å². The fraction of sp³-hybridized carbons (Fsp3) is 0.302. The fourth-order valence-corrected chi connectivity index (χ4v) is 7.91. The van der Waals surface area contributed by atoms with E-state index >= 15 is 19.2 Å². The molecule has 2 saturated heterocycles. The summed E-state index contributed by atoms with van der Waals surface area (Å²) in [4.78, 5) is 94.5. The molecule has 0 bridgehead atoms. The van der Waals surface area contributed by atoms with Gasteiger partial charge in [-0.3, -0.25) is 29.0 Å². The average molecular weight is 775 g/mol. The number of ether oxygens (including phenoxy) is 4. The Morgan fingerprint density at radius 1 is 0.596 bits per heavy atom. The van der Waals surface area contributed by atoms with Gasteiger partial charge >= 0.3 is 12.1 Å². The summed E-state index contributed by atoms with van der Waals surface area (Å²) in [5.74, 6) is -7.43. The zero-order valence-electron chi connectivity index (χ0n) is 32.3. The number of benzene rings is 4. The maximum atomic E-state index is 15.5. The van der Waals surface area contributed by atoms with Crippen LogP contribution in [0.25, 0.3) is 0 Å². The molecule has 14 nitrogen and oxygen atoms in total. The lowest BCUT2D eigenvalue weighted by atomic mass is 9.78. The SMILES string of the molecule is COc1ccc(C(=O)[C@H](C(=O)N2C(=O)N(C)[C@H](C)[C@@H]2c2ccccc2)[C@H](C(=O)c2ccc3c(c2)OCO3)C(=O)N2C(=O)N(C)[C@H](C)[C@@H]2c2ccccc2)cc1OC. The smallest absolute Gasteiger partial charge is 0.327 e. The van der Waals surface area contributed by atoms with Crippen molar-refractivity contribution in [1.82, 2.24) is 19.6 Å². The molecule has 0 unspecified atom stereocenters. The number of ketones is 2. The van der Waals surface area contributed by atoms with Crippen LogP contribution in [0, 0.1) is 11.8 Å². The van der Waals surface area contributed by atoms with E-state index in [0.29, 0.717) is 16.9 Å². The topological polar surface area (TPSA) is 152 Å². The maximum Gasteiger partial charge on any atom is 0.327 e. The van der Waals surface area contributed by atoms with Gasteiger partial charge in [-0.2, -0.15) is 0 Å². The van der Waals surface area contributed by atoms with Gasteiger partial charge in [0.15, 0.2) is 34.6 Å². The van der Waals surface area contributed by atoms with Gasteiger partial charge in [-0.05, 0) is 61.4 Å². The minimum absolute atomic E-state index is 0.0855. The van der Waals surface area contributed by atoms with E-state index in [9.17, 15) is 9.59 Å². The van der Waals surface area contributed by atoms with Gasteiger partial charge in [0, 0.05) is 25.2 Å². The van der Waals surface area contributed by atoms with Crippen LogP contribution in [0.4, 0.5) is 9.59 Å². The van der Waals surface area contributed by atoms with Crippen LogP contribution in [0.2, 0.25) is 0 Å². The van der Waals surface area contributed by atoms with Crippen molar-refractivity contribution in [3.63, 3.8) is 0 Å². The molecule has 0 N–H and O–H groups in total. The van der Waals surface area contributed by atoms with E-state index in [1.165, 1.54) is 74.5 Å². The summed E-state index contributed by atoms with van der Waals surface area (Å²) >= 11 is 0. The van der Waals surface area contributed by atoms with Crippen LogP contribution in [0.5, 0.6) is 23.0 Å². The molecular weight excluding hydrogens is 732 g/mol. The van der Waals surface area contributed by atoms with Crippen LogP contribution in [0.3, 0.4) is 0 Å². The molecule has 2 fully saturated rings. The Morgan fingerprint density at radius 3 is 1.51 bits per heavy atom. The number of fused-ring (bicyclic) bond motifs is 1. The molecule has 7 rings (SSSR count). The van der Waals surface area contributed by atoms with E-state index in [1.54, 1.807) is 74.5 Å². The number of rotatable bonds is 11. The predicted molar refractivity (Wildman–Crippen MR) is 205 cm³/mol. The van der Waals surface area contributed by atoms with Crippen molar-refractivity contribution in [2.24, 2.45) is 11.8 Å². The van der Waals surface area contributed by atoms with Crippen molar-refractivity contribution < 1.29 is 47.7 Å². The summed E-state index contributed by atoms with van der Waals surface area (Å²) < 4.78 is 21.9. The number of urea groups is 2. The van der Waals surface area contributed by atoms with Crippen molar-refractivity contribution >= 4 is 35.4 Å². The second-order valence-electron chi connectivity index (χ2n) is 14.2. The van der Waals surface area contributed by atoms with Crippen LogP contribution < -0.4 is 18.9 Å². The summed E-state index contributed by atoms with van der Waals surface area (Å²) in [6.07, 6.45) is 0. The van der Waals surface area contributed by atoms with Crippen LogP contribution in [0.15, 0.2) is 97.1 Å². The number of nitrogens with zero attached hydrogens (tertiary/aromatic N) is 4. The molecule has 0 spiro atoms. The van der Waals surface area contributed by atoms with Gasteiger partial charge < -0.3 is 28.7 Å². The molecule has 3 heterocycles. The van der Waals surface area contributed by atoms with Crippen molar-refractivity contribution in [3.05, 3.63) is 119 Å². The summed E-state index contributed by atoms with van der Waals surface area (Å²) in [7, 11) is 5.85. The van der Waals surface area contributed by atoms with Crippen molar-refractivity contribution in [2.45, 2.75) is 38.0 Å². The van der Waals surface area contributed by atoms with E-state index in [2.05, 4.69) is 0 Å². The molecule has 0 radical (unpaired) electrons. The molecule has 6 atom stereocenters. The van der Waals surface area contributed by atoms with Crippen LogP contribution in [-0.2, 0) is 9.59 Å². The lowest BCUT2D eigenvalue weighted by Gasteiger charge is -2.33. The minimum atomic E-state index is -2.16. The van der Waals surface area contributed by atoms with E-state index in [0.717, 1.165) is 9.80 Å². The molecule has 4 aromatic rings. The first-order valence-electron chi connectivity index (χ1n) is 18.4. The van der Waals surface area contributed by atoms with Gasteiger partial charge in [-0.25, -0.2) is 9.59 Å². The number of hydrogen-bond acceptors (Lipinski definition) is 10. The normalized spacial score (nSPS) is 21.1. The highest BCUT2D eigenvalue weighted by atomic mass is 16.7. The first kappa shape index (κ1) is 38.6. The van der Waals surface area contributed by atoms with Crippen molar-refractivity contribution in [3.8, 4) is 23.0 Å². The number of imide groups is 2. The molecule has 3 aliphatic rings. The van der Waals surface area contributed by atoms with E-state index < -0.39 is 71.4 Å². The zero-order chi connectivity index (χ0) is 40.7. The Hall–Kier alpha value is -6.70. The Kier molecular flexibility index (Phi) is 10.4. The zero-order valence-corrected chi connectivity index (χ0v) is 32.3. The molecule has 4 aromatic carbocycles. The first-order chi connectivity index (χ1) is 27.4. The quantitative estimate of drug-likeness (QED) is 0.136. The molecule has 0 saturated carbocycles. The Bertz CT molecular complexity index is 2250. The van der Waals surface area contributed by atoms with Crippen LogP contribution in [-0.4, -0.2) is 102 Å². The number of Topliss-reactive ketones (excluding diaryl/α,β-unsaturated/α-hetero) is 2. The number of likely N-dealkylation sites (N-methyl/N-ethyl adjacent to an activating group) is 2. The highest BCUT2D eigenvalue weighted by molar-refractivity contribution is 6.23. The summed E-state index contributed by atoms with van der Waals surface area (Å²) in [6.45, 7) is 3.42. The second-order valence-corrected chi connectivity index (χ2v) is 14.2. The Labute approximate surface area is 329 Å². The third-order valence-electron chi connectivity index (χ3n) is 11.2. The van der Waals surface area contributed by atoms with Crippen LogP contribution in [0.1, 0.15) is 57.8 Å². The number of carbonyl (C=O) groups is 6. The molecule has 57 heavy (non-hydrogen) atoms. The average Bonchev–Trinajstić information content (AvgIpc) is 3.87. The van der Waals surface area contributed by atoms with Gasteiger partial charge in [-0.1, -0.05) is 60.7 Å². The standard InChI is InChI=1S/C43H42N4O10/c1-24-36(26-13-9-7-10-14-26)46(42(52)44(24)3)40(50)34(38(48)28-17-19-30(54-5)32(21-28)55-6)35(39(49)29-18-20-31-33(22-29)57-23-56-31)41(51)47-37(25(2)45(4)43(47)53)27-15-11-8-12-16-27/h7-22,24-25,34-37H,23H2,1-6H3/t24-,25-,34-,35-,36-,37-/m1/s1. The van der Waals surface area contributed by atoms with Crippen LogP contribution >= 0.6 is 0 Å². The highest BCUT2D eigenvalue weighted by Gasteiger charge is 2.56. The Balaban J connectivity index is 1.46. The maximum absolute atomic E-state index is 15.5. The van der Waals surface area contributed by atoms with Gasteiger partial charge in [0.2, 0.25) is 18.6 Å². The molecule has 0 aromatic heterocycles. The second kappa shape index (κ2) is 15.4. The number of methoxy groups -OCH3 is 2. The summed E-state index contributed by atoms with van der Waals surface area (Å²) in [5, 5.41) is 0. The first-order valence-corrected chi connectivity index (χ1v) is 18.4. The third-order valence-corrected chi connectivity index (χ3v) is 11.2. The number of carbonyl (C=O) groups excluding carboxylic acids is 6. The number of hydrogen-bond donors (Lipinski definition) is 0. The monoisotopic (exact) mass is 774 g/mol. The van der Waals surface area contributed by atoms with Crippen molar-refractivity contribution in [2.75, 3.05) is 35.1 Å². The molecule has 294 valence electrons. The fourth-order valence-electron chi connectivity index (χ4n) is 7.91. The summed E-state index contributed by atoms with van der Waals surface area (Å²) in [5.41, 5.74) is 0.989. The molecule has 3 aliphatic heterocycles. The van der Waals surface area contributed by atoms with E-state index in [-0.39, 0.29) is 35.2 Å². The van der Waals surface area contributed by atoms with E-state index in [4.69, 9.17) is 18.9 Å². The molecular formula is C43H42N4O10. The lowest BCUT2D eigenvalue weighted by molar-refractivity contribution is -0.141. The highest BCUT2D eigenvalue weighted by Crippen LogP contribution is 2.42. The predicted octanol–water partition coefficient (Wildman–Crippen LogP) is 5.78. The third kappa shape index (κ3) is 6.60. The largest absolute Gasteiger partial charge is 0.493 e. The van der Waals surface area contributed by atoms with Gasteiger partial charge in [0.05, 0.1) is 38.4 Å². The summed E-state index contributed by atoms with van der Waals surface area (Å²) in [6, 6.07) is 21.6. The van der Waals surface area contributed by atoms with Gasteiger partial charge in [-0.15, -0.1) is 0 Å². The molecule has 0 aliphatic carbocycles. The van der Waals surface area contributed by atoms with Crippen molar-refractivity contribution in [1.29, 1.82) is 0 Å². The lowest BCUT2D eigenvalue weighted by Crippen LogP contribution is -2.53. The van der Waals surface area contributed by atoms with Gasteiger partial charge in [0.1, 0.15) is 11.8 Å². The Morgan fingerprint density at radius 2 is 1.04 bits per heavy atom. The minimum Gasteiger partial charge on any atom is -0.493 e. The molecule has 14 heteroatoms. The van der Waals surface area contributed by atoms with E-state index in [1.807, 2.05) is 0 Å². The molecule has 6 amide bonds.